The van der Waals surface area contributed by atoms with Crippen molar-refractivity contribution in [2.45, 2.75) is 13.1 Å². The molecule has 0 fully saturated rings. The summed E-state index contributed by atoms with van der Waals surface area (Å²) in [7, 11) is 1.29. The van der Waals surface area contributed by atoms with Gasteiger partial charge in [-0.15, -0.1) is 0 Å². The quantitative estimate of drug-likeness (QED) is 0.252. The predicted molar refractivity (Wildman–Crippen MR) is 151 cm³/mol. The van der Waals surface area contributed by atoms with Crippen molar-refractivity contribution in [3.63, 3.8) is 0 Å². The first kappa shape index (κ1) is 25.5. The summed E-state index contributed by atoms with van der Waals surface area (Å²) < 4.78 is 6.58. The van der Waals surface area contributed by atoms with Crippen molar-refractivity contribution in [1.82, 2.24) is 4.57 Å². The molecule has 0 bridgehead atoms. The molecule has 0 spiro atoms. The van der Waals surface area contributed by atoms with Crippen LogP contribution in [0.4, 0.5) is 5.69 Å². The van der Waals surface area contributed by atoms with Crippen LogP contribution in [0.2, 0.25) is 0 Å². The summed E-state index contributed by atoms with van der Waals surface area (Å²) in [5.74, 6) is -1.68. The molecule has 0 amide bonds. The molecule has 1 heterocycles. The number of anilines is 1. The zero-order valence-corrected chi connectivity index (χ0v) is 21.3. The van der Waals surface area contributed by atoms with Crippen molar-refractivity contribution in [1.29, 1.82) is 0 Å². The molecule has 0 aliphatic heterocycles. The van der Waals surface area contributed by atoms with Gasteiger partial charge in [-0.05, 0) is 52.4 Å². The van der Waals surface area contributed by atoms with Crippen LogP contribution in [0, 0.1) is 0 Å². The second-order valence-electron chi connectivity index (χ2n) is 9.07. The van der Waals surface area contributed by atoms with Gasteiger partial charge in [-0.3, -0.25) is 9.36 Å². The van der Waals surface area contributed by atoms with Crippen molar-refractivity contribution in [2.75, 3.05) is 12.4 Å². The van der Waals surface area contributed by atoms with Gasteiger partial charge in [-0.1, -0.05) is 72.8 Å². The van der Waals surface area contributed by atoms with E-state index >= 15 is 0 Å². The highest BCUT2D eigenvalue weighted by molar-refractivity contribution is 6.07. The molecular formula is C32H26N2O5. The Bertz CT molecular complexity index is 1710. The molecule has 39 heavy (non-hydrogen) atoms. The first-order chi connectivity index (χ1) is 19.0. The molecule has 0 saturated carbocycles. The Hall–Kier alpha value is -5.17. The number of ether oxygens (including phenoxy) is 1. The molecule has 194 valence electrons. The number of methoxy groups -OCH3 is 1. The molecule has 0 saturated heterocycles. The van der Waals surface area contributed by atoms with Crippen LogP contribution in [0.25, 0.3) is 21.9 Å². The topological polar surface area (TPSA) is 97.6 Å². The maximum absolute atomic E-state index is 13.9. The minimum absolute atomic E-state index is 0.0624. The number of aromatic carboxylic acids is 1. The number of carbonyl (C=O) groups is 2. The number of carboxylic acids is 1. The number of fused-ring (bicyclic) bond motifs is 1. The standard InChI is InChI=1S/C32H26N2O5/c1-39-32(38)29-28(23-10-6-3-7-11-23)27-18-25(33-19-21-8-4-2-5-9-21)16-17-26(27)30(35)34(29)20-22-12-14-24(15-13-22)31(36)37/h2-18,33H,19-20H2,1H3,(H,36,37). The lowest BCUT2D eigenvalue weighted by Crippen LogP contribution is -2.28. The lowest BCUT2D eigenvalue weighted by molar-refractivity contribution is 0.0588. The van der Waals surface area contributed by atoms with Crippen LogP contribution in [-0.2, 0) is 17.8 Å². The number of hydrogen-bond acceptors (Lipinski definition) is 5. The SMILES string of the molecule is COC(=O)c1c(-c2ccccc2)c2cc(NCc3ccccc3)ccc2c(=O)n1Cc1ccc(C(=O)O)cc1. The summed E-state index contributed by atoms with van der Waals surface area (Å²) in [6.45, 7) is 0.660. The fourth-order valence-electron chi connectivity index (χ4n) is 4.65. The van der Waals surface area contributed by atoms with E-state index in [-0.39, 0.29) is 23.4 Å². The first-order valence-electron chi connectivity index (χ1n) is 12.4. The number of hydrogen-bond donors (Lipinski definition) is 2. The normalized spacial score (nSPS) is 10.8. The molecule has 4 aromatic carbocycles. The molecule has 5 rings (SSSR count). The Morgan fingerprint density at radius 3 is 2.13 bits per heavy atom. The number of aromatic nitrogens is 1. The first-order valence-corrected chi connectivity index (χ1v) is 12.4. The van der Waals surface area contributed by atoms with Crippen LogP contribution < -0.4 is 10.9 Å². The fraction of sp³-hybridized carbons (Fsp3) is 0.0938. The van der Waals surface area contributed by atoms with Gasteiger partial charge >= 0.3 is 11.9 Å². The van der Waals surface area contributed by atoms with Gasteiger partial charge in [0, 0.05) is 23.2 Å². The highest BCUT2D eigenvalue weighted by atomic mass is 16.5. The van der Waals surface area contributed by atoms with E-state index in [1.165, 1.54) is 23.8 Å². The summed E-state index contributed by atoms with van der Waals surface area (Å²) in [4.78, 5) is 38.4. The largest absolute Gasteiger partial charge is 0.478 e. The molecule has 0 aliphatic carbocycles. The summed E-state index contributed by atoms with van der Waals surface area (Å²) in [6, 6.07) is 31.1. The second-order valence-corrected chi connectivity index (χ2v) is 9.07. The van der Waals surface area contributed by atoms with Gasteiger partial charge < -0.3 is 15.2 Å². The van der Waals surface area contributed by atoms with Crippen LogP contribution in [-0.4, -0.2) is 28.7 Å². The molecule has 0 unspecified atom stereocenters. The van der Waals surface area contributed by atoms with E-state index < -0.39 is 11.9 Å². The minimum Gasteiger partial charge on any atom is -0.478 e. The second kappa shape index (κ2) is 11.1. The lowest BCUT2D eigenvalue weighted by Gasteiger charge is -2.19. The van der Waals surface area contributed by atoms with E-state index in [4.69, 9.17) is 4.74 Å². The summed E-state index contributed by atoms with van der Waals surface area (Å²) in [5, 5.41) is 13.7. The molecular weight excluding hydrogens is 492 g/mol. The number of nitrogens with one attached hydrogen (secondary N) is 1. The van der Waals surface area contributed by atoms with Gasteiger partial charge in [-0.25, -0.2) is 9.59 Å². The van der Waals surface area contributed by atoms with Gasteiger partial charge in [0.15, 0.2) is 0 Å². The van der Waals surface area contributed by atoms with Gasteiger partial charge in [0.05, 0.1) is 19.2 Å². The van der Waals surface area contributed by atoms with Crippen molar-refractivity contribution >= 4 is 28.4 Å². The van der Waals surface area contributed by atoms with E-state index in [9.17, 15) is 19.5 Å². The third-order valence-corrected chi connectivity index (χ3v) is 6.59. The van der Waals surface area contributed by atoms with E-state index in [0.717, 1.165) is 16.8 Å². The molecule has 1 aromatic heterocycles. The Morgan fingerprint density at radius 2 is 1.49 bits per heavy atom. The van der Waals surface area contributed by atoms with Gasteiger partial charge in [0.1, 0.15) is 5.69 Å². The Morgan fingerprint density at radius 1 is 0.821 bits per heavy atom. The average Bonchev–Trinajstić information content (AvgIpc) is 2.98. The number of esters is 1. The average molecular weight is 519 g/mol. The molecule has 5 aromatic rings. The summed E-state index contributed by atoms with van der Waals surface area (Å²) in [5.41, 5.74) is 3.86. The highest BCUT2D eigenvalue weighted by Gasteiger charge is 2.24. The van der Waals surface area contributed by atoms with E-state index in [2.05, 4.69) is 5.32 Å². The highest BCUT2D eigenvalue weighted by Crippen LogP contribution is 2.33. The summed E-state index contributed by atoms with van der Waals surface area (Å²) in [6.07, 6.45) is 0. The van der Waals surface area contributed by atoms with Crippen molar-refractivity contribution in [3.05, 3.63) is 136 Å². The van der Waals surface area contributed by atoms with Crippen LogP contribution >= 0.6 is 0 Å². The van der Waals surface area contributed by atoms with Crippen LogP contribution in [0.15, 0.2) is 108 Å². The minimum atomic E-state index is -1.04. The number of rotatable bonds is 8. The van der Waals surface area contributed by atoms with Crippen LogP contribution in [0.1, 0.15) is 32.0 Å². The third kappa shape index (κ3) is 5.29. The van der Waals surface area contributed by atoms with Gasteiger partial charge in [-0.2, -0.15) is 0 Å². The number of nitrogens with zero attached hydrogens (tertiary/aromatic N) is 1. The molecule has 7 nitrogen and oxygen atoms in total. The zero-order valence-electron chi connectivity index (χ0n) is 21.3. The van der Waals surface area contributed by atoms with E-state index in [0.29, 0.717) is 28.4 Å². The fourth-order valence-corrected chi connectivity index (χ4v) is 4.65. The molecule has 2 N–H and O–H groups in total. The van der Waals surface area contributed by atoms with E-state index in [1.807, 2.05) is 72.8 Å². The monoisotopic (exact) mass is 518 g/mol. The Balaban J connectivity index is 1.70. The number of benzene rings is 4. The Kier molecular flexibility index (Phi) is 7.23. The maximum Gasteiger partial charge on any atom is 0.355 e. The molecule has 0 atom stereocenters. The maximum atomic E-state index is 13.9. The van der Waals surface area contributed by atoms with Gasteiger partial charge in [0.25, 0.3) is 5.56 Å². The number of carboxylic acid groups (broad SMARTS) is 1. The lowest BCUT2D eigenvalue weighted by atomic mass is 9.95. The van der Waals surface area contributed by atoms with Gasteiger partial charge in [0.2, 0.25) is 0 Å². The molecule has 7 heteroatoms. The Labute approximate surface area is 224 Å². The van der Waals surface area contributed by atoms with Crippen LogP contribution in [0.3, 0.4) is 0 Å². The summed E-state index contributed by atoms with van der Waals surface area (Å²) >= 11 is 0. The molecule has 0 radical (unpaired) electrons. The predicted octanol–water partition coefficient (Wildman–Crippen LogP) is 5.81. The molecule has 0 aliphatic rings. The van der Waals surface area contributed by atoms with E-state index in [1.54, 1.807) is 18.2 Å². The van der Waals surface area contributed by atoms with Crippen molar-refractivity contribution in [3.8, 4) is 11.1 Å². The zero-order chi connectivity index (χ0) is 27.4. The third-order valence-electron chi connectivity index (χ3n) is 6.59. The number of pyridine rings is 1. The number of carbonyl (C=O) groups excluding carboxylic acids is 1. The smallest absolute Gasteiger partial charge is 0.355 e. The van der Waals surface area contributed by atoms with Crippen molar-refractivity contribution in [2.24, 2.45) is 0 Å². The van der Waals surface area contributed by atoms with Crippen LogP contribution in [0.5, 0.6) is 0 Å². The van der Waals surface area contributed by atoms with Crippen molar-refractivity contribution < 1.29 is 19.4 Å².